The Labute approximate surface area is 83.8 Å². The van der Waals surface area contributed by atoms with Crippen LogP contribution in [0.5, 0.6) is 0 Å². The summed E-state index contributed by atoms with van der Waals surface area (Å²) in [7, 11) is 0. The molecule has 0 aromatic rings. The molecule has 0 bridgehead atoms. The van der Waals surface area contributed by atoms with Gasteiger partial charge in [-0.25, -0.2) is 0 Å². The fourth-order valence-electron chi connectivity index (χ4n) is 2.46. The molecule has 4 nitrogen and oxygen atoms in total. The van der Waals surface area contributed by atoms with E-state index in [1.54, 1.807) is 0 Å². The van der Waals surface area contributed by atoms with E-state index in [9.17, 15) is 14.9 Å². The van der Waals surface area contributed by atoms with Gasteiger partial charge in [0.15, 0.2) is 0 Å². The van der Waals surface area contributed by atoms with Crippen LogP contribution in [0.25, 0.3) is 0 Å². The first-order valence-electron chi connectivity index (χ1n) is 5.02. The van der Waals surface area contributed by atoms with Crippen molar-refractivity contribution in [3.63, 3.8) is 0 Å². The number of rotatable bonds is 4. The van der Waals surface area contributed by atoms with E-state index >= 15 is 0 Å². The van der Waals surface area contributed by atoms with Crippen molar-refractivity contribution in [2.75, 3.05) is 6.54 Å². The first kappa shape index (κ1) is 11.1. The number of hydrogen-bond donors (Lipinski definition) is 0. The van der Waals surface area contributed by atoms with Crippen molar-refractivity contribution in [2.24, 2.45) is 10.8 Å². The summed E-state index contributed by atoms with van der Waals surface area (Å²) in [6.07, 6.45) is 4.13. The molecule has 0 N–H and O–H groups in total. The predicted octanol–water partition coefficient (Wildman–Crippen LogP) is 2.05. The fourth-order valence-corrected chi connectivity index (χ4v) is 2.46. The molecule has 1 fully saturated rings. The summed E-state index contributed by atoms with van der Waals surface area (Å²) in [5, 5.41) is 10.3. The molecule has 0 aromatic carbocycles. The number of nitrogens with zero attached hydrogens (tertiary/aromatic N) is 1. The molecule has 0 radical (unpaired) electrons. The summed E-state index contributed by atoms with van der Waals surface area (Å²) in [6, 6.07) is 0. The third kappa shape index (κ3) is 1.79. The minimum atomic E-state index is -0.458. The zero-order valence-corrected chi connectivity index (χ0v) is 8.78. The van der Waals surface area contributed by atoms with Gasteiger partial charge in [-0.1, -0.05) is 20.3 Å². The first-order valence-corrected chi connectivity index (χ1v) is 5.02. The summed E-state index contributed by atoms with van der Waals surface area (Å²) in [4.78, 5) is 21.1. The lowest BCUT2D eigenvalue weighted by atomic mass is 9.67. The van der Waals surface area contributed by atoms with Gasteiger partial charge in [0.25, 0.3) is 0 Å². The summed E-state index contributed by atoms with van der Waals surface area (Å²) in [6.45, 7) is 3.98. The lowest BCUT2D eigenvalue weighted by molar-refractivity contribution is -0.483. The van der Waals surface area contributed by atoms with Crippen molar-refractivity contribution in [3.8, 4) is 0 Å². The average Bonchev–Trinajstić information content (AvgIpc) is 2.38. The maximum atomic E-state index is 11.1. The van der Waals surface area contributed by atoms with Crippen molar-refractivity contribution in [2.45, 2.75) is 39.5 Å². The number of aldehydes is 1. The normalized spacial score (nSPS) is 30.1. The predicted molar refractivity (Wildman–Crippen MR) is 52.6 cm³/mol. The van der Waals surface area contributed by atoms with E-state index in [1.807, 2.05) is 13.8 Å². The highest BCUT2D eigenvalue weighted by Crippen LogP contribution is 2.53. The van der Waals surface area contributed by atoms with Crippen molar-refractivity contribution in [1.82, 2.24) is 0 Å². The standard InChI is InChI=1S/C10H17NO3/c1-9(2)4-3-5-10(9,8-12)6-7-11(13)14/h8H,3-7H2,1-2H3. The van der Waals surface area contributed by atoms with Gasteiger partial charge >= 0.3 is 0 Å². The third-order valence-corrected chi connectivity index (χ3v) is 3.74. The van der Waals surface area contributed by atoms with Gasteiger partial charge in [0.2, 0.25) is 6.54 Å². The molecule has 1 aliphatic carbocycles. The molecule has 0 amide bonds. The van der Waals surface area contributed by atoms with Crippen LogP contribution in [-0.2, 0) is 4.79 Å². The SMILES string of the molecule is CC1(C)CCCC1(C=O)CC[N+](=O)[O-]. The Morgan fingerprint density at radius 1 is 1.43 bits per heavy atom. The Morgan fingerprint density at radius 2 is 2.07 bits per heavy atom. The van der Waals surface area contributed by atoms with Crippen molar-refractivity contribution in [3.05, 3.63) is 10.1 Å². The number of carbonyl (C=O) groups excluding carboxylic acids is 1. The van der Waals surface area contributed by atoms with Gasteiger partial charge in [-0.15, -0.1) is 0 Å². The number of nitro groups is 1. The van der Waals surface area contributed by atoms with Crippen LogP contribution in [0.15, 0.2) is 0 Å². The second-order valence-corrected chi connectivity index (χ2v) is 4.82. The highest BCUT2D eigenvalue weighted by atomic mass is 16.6. The average molecular weight is 199 g/mol. The maximum absolute atomic E-state index is 11.1. The summed E-state index contributed by atoms with van der Waals surface area (Å²) in [5.41, 5.74) is -0.537. The highest BCUT2D eigenvalue weighted by molar-refractivity contribution is 5.61. The van der Waals surface area contributed by atoms with Crippen LogP contribution in [0.4, 0.5) is 0 Å². The molecule has 0 aromatic heterocycles. The second-order valence-electron chi connectivity index (χ2n) is 4.82. The Kier molecular flexibility index (Phi) is 2.92. The van der Waals surface area contributed by atoms with Gasteiger partial charge in [-0.3, -0.25) is 10.1 Å². The van der Waals surface area contributed by atoms with E-state index in [0.29, 0.717) is 6.42 Å². The topological polar surface area (TPSA) is 60.2 Å². The van der Waals surface area contributed by atoms with Crippen LogP contribution in [-0.4, -0.2) is 17.8 Å². The van der Waals surface area contributed by atoms with Crippen LogP contribution in [0.3, 0.4) is 0 Å². The van der Waals surface area contributed by atoms with Crippen LogP contribution >= 0.6 is 0 Å². The lowest BCUT2D eigenvalue weighted by Gasteiger charge is -2.35. The largest absolute Gasteiger partial charge is 0.303 e. The van der Waals surface area contributed by atoms with Crippen molar-refractivity contribution in [1.29, 1.82) is 0 Å². The van der Waals surface area contributed by atoms with Crippen LogP contribution in [0, 0.1) is 20.9 Å². The minimum Gasteiger partial charge on any atom is -0.303 e. The van der Waals surface area contributed by atoms with E-state index in [1.165, 1.54) is 0 Å². The molecule has 14 heavy (non-hydrogen) atoms. The Morgan fingerprint density at radius 3 is 2.43 bits per heavy atom. The van der Waals surface area contributed by atoms with Gasteiger partial charge < -0.3 is 4.79 Å². The quantitative estimate of drug-likeness (QED) is 0.395. The summed E-state index contributed by atoms with van der Waals surface area (Å²) in [5.74, 6) is 0. The Balaban J connectivity index is 2.75. The van der Waals surface area contributed by atoms with Gasteiger partial charge in [0.1, 0.15) is 6.29 Å². The molecule has 1 aliphatic rings. The molecular weight excluding hydrogens is 182 g/mol. The highest BCUT2D eigenvalue weighted by Gasteiger charge is 2.49. The van der Waals surface area contributed by atoms with Gasteiger partial charge in [0.05, 0.1) is 0 Å². The number of hydrogen-bond acceptors (Lipinski definition) is 3. The van der Waals surface area contributed by atoms with E-state index in [2.05, 4.69) is 0 Å². The number of carbonyl (C=O) groups is 1. The molecule has 0 saturated heterocycles. The monoisotopic (exact) mass is 199 g/mol. The molecule has 0 aliphatic heterocycles. The molecule has 1 unspecified atom stereocenters. The zero-order chi connectivity index (χ0) is 10.8. The van der Waals surface area contributed by atoms with E-state index < -0.39 is 5.41 Å². The van der Waals surface area contributed by atoms with E-state index in [4.69, 9.17) is 0 Å². The zero-order valence-electron chi connectivity index (χ0n) is 8.78. The molecule has 1 saturated carbocycles. The minimum absolute atomic E-state index is 0.0786. The second kappa shape index (κ2) is 3.67. The smallest absolute Gasteiger partial charge is 0.204 e. The molecule has 1 atom stereocenters. The van der Waals surface area contributed by atoms with Crippen LogP contribution < -0.4 is 0 Å². The molecule has 0 spiro atoms. The van der Waals surface area contributed by atoms with Gasteiger partial charge in [0, 0.05) is 16.8 Å². The maximum Gasteiger partial charge on any atom is 0.204 e. The molecular formula is C10H17NO3. The Hall–Kier alpha value is -0.930. The van der Waals surface area contributed by atoms with Crippen LogP contribution in [0.2, 0.25) is 0 Å². The van der Waals surface area contributed by atoms with Crippen LogP contribution in [0.1, 0.15) is 39.5 Å². The third-order valence-electron chi connectivity index (χ3n) is 3.74. The first-order chi connectivity index (χ1) is 6.43. The van der Waals surface area contributed by atoms with E-state index in [-0.39, 0.29) is 16.9 Å². The fraction of sp³-hybridized carbons (Fsp3) is 0.900. The van der Waals surface area contributed by atoms with Crippen molar-refractivity contribution >= 4 is 6.29 Å². The molecule has 4 heteroatoms. The van der Waals surface area contributed by atoms with Gasteiger partial charge in [-0.05, 0) is 18.3 Å². The van der Waals surface area contributed by atoms with Crippen molar-refractivity contribution < 1.29 is 9.72 Å². The molecule has 0 heterocycles. The van der Waals surface area contributed by atoms with E-state index in [0.717, 1.165) is 25.5 Å². The summed E-state index contributed by atoms with van der Waals surface area (Å²) < 4.78 is 0. The summed E-state index contributed by atoms with van der Waals surface area (Å²) >= 11 is 0. The Bertz CT molecular complexity index is 250. The molecule has 1 rings (SSSR count). The van der Waals surface area contributed by atoms with Gasteiger partial charge in [-0.2, -0.15) is 0 Å². The molecule has 80 valence electrons. The lowest BCUT2D eigenvalue weighted by Crippen LogP contribution is -2.36.